The maximum absolute atomic E-state index is 12.6. The third kappa shape index (κ3) is 3.90. The summed E-state index contributed by atoms with van der Waals surface area (Å²) in [4.78, 5) is 26.9. The van der Waals surface area contributed by atoms with E-state index in [4.69, 9.17) is 0 Å². The first kappa shape index (κ1) is 17.2. The van der Waals surface area contributed by atoms with E-state index in [-0.39, 0.29) is 23.4 Å². The van der Waals surface area contributed by atoms with E-state index in [9.17, 15) is 14.7 Å². The summed E-state index contributed by atoms with van der Waals surface area (Å²) in [6.45, 7) is 4.02. The number of aromatic hydroxyl groups is 1. The quantitative estimate of drug-likeness (QED) is 0.849. The number of aromatic nitrogens is 2. The van der Waals surface area contributed by atoms with E-state index in [1.54, 1.807) is 34.1 Å². The van der Waals surface area contributed by atoms with E-state index in [1.807, 2.05) is 0 Å². The number of phenols is 1. The van der Waals surface area contributed by atoms with Gasteiger partial charge in [0.05, 0.1) is 11.8 Å². The van der Waals surface area contributed by atoms with Crippen molar-refractivity contribution in [3.05, 3.63) is 47.8 Å². The number of phenolic OH excluding ortho intramolecular Hbond substituents is 1. The van der Waals surface area contributed by atoms with E-state index in [2.05, 4.69) is 12.0 Å². The number of aryl methyl sites for hydroxylation is 1. The lowest BCUT2D eigenvalue weighted by molar-refractivity contribution is 0.0650. The largest absolute Gasteiger partial charge is 0.508 e. The van der Waals surface area contributed by atoms with Gasteiger partial charge in [-0.1, -0.05) is 6.92 Å². The Labute approximate surface area is 147 Å². The first-order valence-corrected chi connectivity index (χ1v) is 8.73. The molecule has 0 spiro atoms. The lowest BCUT2D eigenvalue weighted by Crippen LogP contribution is -2.40. The Balaban J connectivity index is 1.58. The van der Waals surface area contributed by atoms with Crippen molar-refractivity contribution >= 4 is 11.7 Å². The summed E-state index contributed by atoms with van der Waals surface area (Å²) in [6, 6.07) is 6.36. The number of Topliss-reactive ketones (excluding diaryl/α,β-unsaturated/α-hetero) is 1. The predicted octanol–water partition coefficient (Wildman–Crippen LogP) is 2.73. The van der Waals surface area contributed by atoms with Gasteiger partial charge in [0, 0.05) is 37.3 Å². The van der Waals surface area contributed by atoms with Crippen molar-refractivity contribution in [2.75, 3.05) is 13.1 Å². The Morgan fingerprint density at radius 1 is 1.16 bits per heavy atom. The molecule has 6 nitrogen and oxygen atoms in total. The Hall–Kier alpha value is -2.63. The van der Waals surface area contributed by atoms with Crippen molar-refractivity contribution in [2.24, 2.45) is 5.92 Å². The summed E-state index contributed by atoms with van der Waals surface area (Å²) in [5.41, 5.74) is 1.22. The zero-order valence-corrected chi connectivity index (χ0v) is 14.4. The molecule has 132 valence electrons. The van der Waals surface area contributed by atoms with Crippen LogP contribution < -0.4 is 0 Å². The van der Waals surface area contributed by atoms with Crippen molar-refractivity contribution in [1.82, 2.24) is 14.7 Å². The van der Waals surface area contributed by atoms with E-state index in [0.717, 1.165) is 13.0 Å². The van der Waals surface area contributed by atoms with Crippen LogP contribution in [0.1, 0.15) is 46.9 Å². The van der Waals surface area contributed by atoms with Gasteiger partial charge in [0.2, 0.25) is 0 Å². The van der Waals surface area contributed by atoms with Gasteiger partial charge in [-0.05, 0) is 43.5 Å². The summed E-state index contributed by atoms with van der Waals surface area (Å²) >= 11 is 0. The van der Waals surface area contributed by atoms with Crippen molar-refractivity contribution < 1.29 is 14.7 Å². The molecule has 2 aromatic rings. The molecule has 3 rings (SSSR count). The van der Waals surface area contributed by atoms with Gasteiger partial charge in [-0.15, -0.1) is 0 Å². The standard InChI is InChI=1S/C19H23N3O3/c1-2-9-22-13-16(12-20-22)19(25)21-10-7-15(8-11-21)18(24)14-3-5-17(23)6-4-14/h3-6,12-13,15,23H,2,7-11H2,1H3. The minimum atomic E-state index is -0.0728. The van der Waals surface area contributed by atoms with Crippen LogP contribution in [0, 0.1) is 5.92 Å². The molecule has 2 heterocycles. The van der Waals surface area contributed by atoms with Crippen LogP contribution in [0.25, 0.3) is 0 Å². The molecule has 1 fully saturated rings. The van der Waals surface area contributed by atoms with Gasteiger partial charge in [-0.25, -0.2) is 0 Å². The predicted molar refractivity (Wildman–Crippen MR) is 93.6 cm³/mol. The molecule has 1 aliphatic rings. The molecule has 25 heavy (non-hydrogen) atoms. The number of hydrogen-bond acceptors (Lipinski definition) is 4. The maximum atomic E-state index is 12.6. The average Bonchev–Trinajstić information content (AvgIpc) is 3.10. The fraction of sp³-hybridized carbons (Fsp3) is 0.421. The van der Waals surface area contributed by atoms with Crippen LogP contribution in [0.3, 0.4) is 0 Å². The molecule has 0 bridgehead atoms. The van der Waals surface area contributed by atoms with Crippen molar-refractivity contribution in [3.8, 4) is 5.75 Å². The summed E-state index contributed by atoms with van der Waals surface area (Å²) in [7, 11) is 0. The number of rotatable bonds is 5. The molecule has 6 heteroatoms. The van der Waals surface area contributed by atoms with Gasteiger partial charge in [0.1, 0.15) is 5.75 Å². The SMILES string of the molecule is CCCn1cc(C(=O)N2CCC(C(=O)c3ccc(O)cc3)CC2)cn1. The van der Waals surface area contributed by atoms with E-state index < -0.39 is 0 Å². The summed E-state index contributed by atoms with van der Waals surface area (Å²) in [5.74, 6) is 0.151. The van der Waals surface area contributed by atoms with Crippen LogP contribution in [0.5, 0.6) is 5.75 Å². The van der Waals surface area contributed by atoms with E-state index >= 15 is 0 Å². The second-order valence-electron chi connectivity index (χ2n) is 6.47. The topological polar surface area (TPSA) is 75.4 Å². The summed E-state index contributed by atoms with van der Waals surface area (Å²) in [6.07, 6.45) is 5.70. The normalized spacial score (nSPS) is 15.3. The Morgan fingerprint density at radius 3 is 2.48 bits per heavy atom. The van der Waals surface area contributed by atoms with Gasteiger partial charge in [-0.3, -0.25) is 14.3 Å². The minimum absolute atomic E-state index is 0.0158. The summed E-state index contributed by atoms with van der Waals surface area (Å²) in [5, 5.41) is 13.5. The van der Waals surface area contributed by atoms with Crippen LogP contribution in [0.2, 0.25) is 0 Å². The van der Waals surface area contributed by atoms with Gasteiger partial charge >= 0.3 is 0 Å². The summed E-state index contributed by atoms with van der Waals surface area (Å²) < 4.78 is 1.79. The van der Waals surface area contributed by atoms with E-state index in [1.165, 1.54) is 12.1 Å². The number of nitrogens with zero attached hydrogens (tertiary/aromatic N) is 3. The molecule has 0 aliphatic carbocycles. The molecule has 1 aromatic carbocycles. The molecule has 1 aliphatic heterocycles. The lowest BCUT2D eigenvalue weighted by Gasteiger charge is -2.31. The average molecular weight is 341 g/mol. The monoisotopic (exact) mass is 341 g/mol. The Morgan fingerprint density at radius 2 is 1.84 bits per heavy atom. The molecule has 1 aromatic heterocycles. The third-order valence-corrected chi connectivity index (χ3v) is 4.64. The fourth-order valence-electron chi connectivity index (χ4n) is 3.21. The van der Waals surface area contributed by atoms with Gasteiger partial charge in [0.25, 0.3) is 5.91 Å². The first-order valence-electron chi connectivity index (χ1n) is 8.73. The zero-order valence-electron chi connectivity index (χ0n) is 14.4. The number of amides is 1. The minimum Gasteiger partial charge on any atom is -0.508 e. The molecule has 1 N–H and O–H groups in total. The van der Waals surface area contributed by atoms with Crippen LogP contribution in [0.4, 0.5) is 0 Å². The van der Waals surface area contributed by atoms with Crippen molar-refractivity contribution in [2.45, 2.75) is 32.7 Å². The van der Waals surface area contributed by atoms with Gasteiger partial charge < -0.3 is 10.0 Å². The number of piperidine rings is 1. The number of carbonyl (C=O) groups excluding carboxylic acids is 2. The second kappa shape index (κ2) is 7.51. The van der Waals surface area contributed by atoms with Gasteiger partial charge in [-0.2, -0.15) is 5.10 Å². The van der Waals surface area contributed by atoms with Gasteiger partial charge in [0.15, 0.2) is 5.78 Å². The van der Waals surface area contributed by atoms with Crippen LogP contribution in [-0.4, -0.2) is 44.6 Å². The highest BCUT2D eigenvalue weighted by molar-refractivity contribution is 5.98. The number of ketones is 1. The third-order valence-electron chi connectivity index (χ3n) is 4.64. The molecule has 0 unspecified atom stereocenters. The zero-order chi connectivity index (χ0) is 17.8. The number of carbonyl (C=O) groups is 2. The van der Waals surface area contributed by atoms with Crippen LogP contribution in [-0.2, 0) is 6.54 Å². The molecule has 0 radical (unpaired) electrons. The molecule has 0 saturated carbocycles. The molecule has 1 saturated heterocycles. The number of hydrogen-bond donors (Lipinski definition) is 1. The number of benzene rings is 1. The first-order chi connectivity index (χ1) is 12.1. The maximum Gasteiger partial charge on any atom is 0.257 e. The molecular weight excluding hydrogens is 318 g/mol. The Kier molecular flexibility index (Phi) is 5.16. The Bertz CT molecular complexity index is 744. The second-order valence-corrected chi connectivity index (χ2v) is 6.47. The van der Waals surface area contributed by atoms with E-state index in [0.29, 0.717) is 37.1 Å². The van der Waals surface area contributed by atoms with Crippen LogP contribution >= 0.6 is 0 Å². The molecule has 0 atom stereocenters. The molecule has 1 amide bonds. The fourth-order valence-corrected chi connectivity index (χ4v) is 3.21. The smallest absolute Gasteiger partial charge is 0.257 e. The van der Waals surface area contributed by atoms with Crippen molar-refractivity contribution in [1.29, 1.82) is 0 Å². The van der Waals surface area contributed by atoms with Crippen molar-refractivity contribution in [3.63, 3.8) is 0 Å². The highest BCUT2D eigenvalue weighted by atomic mass is 16.3. The highest BCUT2D eigenvalue weighted by Gasteiger charge is 2.28. The lowest BCUT2D eigenvalue weighted by atomic mass is 9.88. The molecular formula is C19H23N3O3. The number of likely N-dealkylation sites (tertiary alicyclic amines) is 1. The highest BCUT2D eigenvalue weighted by Crippen LogP contribution is 2.23. The van der Waals surface area contributed by atoms with Crippen LogP contribution in [0.15, 0.2) is 36.7 Å².